The number of nitriles is 1. The molecule has 22 heavy (non-hydrogen) atoms. The molecule has 2 rings (SSSR count). The van der Waals surface area contributed by atoms with Crippen LogP contribution in [0.25, 0.3) is 0 Å². The summed E-state index contributed by atoms with van der Waals surface area (Å²) in [6, 6.07) is 7.04. The summed E-state index contributed by atoms with van der Waals surface area (Å²) in [5.74, 6) is 1.11. The SMILES string of the molecule is COc1ccc(C2C(=C=N)C(=S)NC(=O)C2C#N)cc1OC. The molecule has 2 unspecified atom stereocenters. The number of amides is 1. The molecular formula is C15H13N3O3S. The van der Waals surface area contributed by atoms with Crippen molar-refractivity contribution >= 4 is 29.0 Å². The van der Waals surface area contributed by atoms with Gasteiger partial charge in [-0.05, 0) is 23.6 Å². The molecule has 1 fully saturated rings. The van der Waals surface area contributed by atoms with Crippen LogP contribution >= 0.6 is 12.2 Å². The van der Waals surface area contributed by atoms with Crippen LogP contribution in [0, 0.1) is 22.7 Å². The maximum Gasteiger partial charge on any atom is 0.243 e. The van der Waals surface area contributed by atoms with Crippen molar-refractivity contribution in [3.05, 3.63) is 29.3 Å². The summed E-state index contributed by atoms with van der Waals surface area (Å²) in [5.41, 5.74) is 0.935. The molecule has 0 radical (unpaired) electrons. The van der Waals surface area contributed by atoms with Crippen LogP contribution in [0.3, 0.4) is 0 Å². The summed E-state index contributed by atoms with van der Waals surface area (Å²) in [5, 5.41) is 19.2. The zero-order valence-corrected chi connectivity index (χ0v) is 12.8. The van der Waals surface area contributed by atoms with Crippen LogP contribution < -0.4 is 14.8 Å². The van der Waals surface area contributed by atoms with E-state index in [0.29, 0.717) is 22.6 Å². The molecule has 0 bridgehead atoms. The van der Waals surface area contributed by atoms with E-state index >= 15 is 0 Å². The first kappa shape index (κ1) is 15.7. The van der Waals surface area contributed by atoms with Crippen molar-refractivity contribution < 1.29 is 14.3 Å². The van der Waals surface area contributed by atoms with Crippen molar-refractivity contribution in [2.45, 2.75) is 5.92 Å². The van der Waals surface area contributed by atoms with Crippen molar-refractivity contribution in [2.24, 2.45) is 5.92 Å². The second-order valence-corrected chi connectivity index (χ2v) is 4.96. The number of ether oxygens (including phenoxy) is 2. The summed E-state index contributed by atoms with van der Waals surface area (Å²) < 4.78 is 10.4. The molecule has 0 aliphatic carbocycles. The molecule has 1 heterocycles. The molecule has 6 nitrogen and oxygen atoms in total. The lowest BCUT2D eigenvalue weighted by atomic mass is 9.78. The van der Waals surface area contributed by atoms with Crippen molar-refractivity contribution in [1.29, 1.82) is 10.7 Å². The maximum absolute atomic E-state index is 12.0. The molecule has 1 aromatic rings. The van der Waals surface area contributed by atoms with Crippen LogP contribution in [0.15, 0.2) is 23.8 Å². The van der Waals surface area contributed by atoms with Crippen LogP contribution in [-0.4, -0.2) is 31.0 Å². The fourth-order valence-corrected chi connectivity index (χ4v) is 2.67. The molecule has 1 aliphatic heterocycles. The standard InChI is InChI=1S/C15H13N3O3S/c1-20-11-4-3-8(5-12(11)21-2)13-9(6-16)14(19)18-15(22)10(13)7-17/h3-5,9,13,17H,1-2H3,(H,18,19,22). The molecule has 1 amide bonds. The number of carbonyl (C=O) groups excluding carboxylic acids is 1. The first-order valence-corrected chi connectivity index (χ1v) is 6.74. The lowest BCUT2D eigenvalue weighted by Gasteiger charge is -2.29. The lowest BCUT2D eigenvalue weighted by molar-refractivity contribution is -0.122. The molecule has 1 saturated heterocycles. The first-order valence-electron chi connectivity index (χ1n) is 6.33. The largest absolute Gasteiger partial charge is 0.493 e. The van der Waals surface area contributed by atoms with Gasteiger partial charge in [-0.2, -0.15) is 5.26 Å². The number of benzene rings is 1. The predicted octanol–water partition coefficient (Wildman–Crippen LogP) is 1.56. The molecule has 7 heteroatoms. The summed E-state index contributed by atoms with van der Waals surface area (Å²) >= 11 is 5.07. The summed E-state index contributed by atoms with van der Waals surface area (Å²) in [6.45, 7) is 0. The predicted molar refractivity (Wildman–Crippen MR) is 83.4 cm³/mol. The van der Waals surface area contributed by atoms with Gasteiger partial charge < -0.3 is 14.8 Å². The molecular weight excluding hydrogens is 302 g/mol. The van der Waals surface area contributed by atoms with Crippen molar-refractivity contribution in [3.8, 4) is 17.6 Å². The van der Waals surface area contributed by atoms with Gasteiger partial charge in [0.05, 0.1) is 25.9 Å². The van der Waals surface area contributed by atoms with Crippen LogP contribution in [0.1, 0.15) is 11.5 Å². The highest BCUT2D eigenvalue weighted by atomic mass is 32.1. The quantitative estimate of drug-likeness (QED) is 0.501. The number of nitrogens with one attached hydrogen (secondary N) is 2. The second-order valence-electron chi connectivity index (χ2n) is 4.56. The summed E-state index contributed by atoms with van der Waals surface area (Å²) in [7, 11) is 3.01. The monoisotopic (exact) mass is 315 g/mol. The topological polar surface area (TPSA) is 95.2 Å². The third-order valence-corrected chi connectivity index (χ3v) is 3.77. The van der Waals surface area contributed by atoms with Crippen molar-refractivity contribution in [3.63, 3.8) is 0 Å². The number of carbonyl (C=O) groups is 1. The Kier molecular flexibility index (Phi) is 4.56. The Morgan fingerprint density at radius 3 is 2.55 bits per heavy atom. The van der Waals surface area contributed by atoms with E-state index in [1.165, 1.54) is 14.2 Å². The minimum atomic E-state index is -0.988. The first-order chi connectivity index (χ1) is 10.6. The Morgan fingerprint density at radius 2 is 2.00 bits per heavy atom. The average Bonchev–Trinajstić information content (AvgIpc) is 2.53. The number of hydrogen-bond acceptors (Lipinski definition) is 6. The van der Waals surface area contributed by atoms with Crippen LogP contribution in [0.4, 0.5) is 0 Å². The van der Waals surface area contributed by atoms with E-state index in [9.17, 15) is 10.1 Å². The number of nitrogens with zero attached hydrogens (tertiary/aromatic N) is 1. The molecule has 1 aromatic carbocycles. The van der Waals surface area contributed by atoms with Gasteiger partial charge in [-0.25, -0.2) is 0 Å². The van der Waals surface area contributed by atoms with Crippen LogP contribution in [-0.2, 0) is 4.79 Å². The highest BCUT2D eigenvalue weighted by Gasteiger charge is 2.40. The average molecular weight is 315 g/mol. The normalized spacial score (nSPS) is 20.7. The van der Waals surface area contributed by atoms with Gasteiger partial charge in [-0.1, -0.05) is 18.3 Å². The summed E-state index contributed by atoms with van der Waals surface area (Å²) in [6.07, 6.45) is 0. The smallest absolute Gasteiger partial charge is 0.243 e. The Labute approximate surface area is 132 Å². The Balaban J connectivity index is 2.60. The van der Waals surface area contributed by atoms with E-state index in [2.05, 4.69) is 11.2 Å². The fraction of sp³-hybridized carbons (Fsp3) is 0.267. The van der Waals surface area contributed by atoms with Crippen LogP contribution in [0.5, 0.6) is 11.5 Å². The molecule has 1 aliphatic rings. The number of rotatable bonds is 3. The fourth-order valence-electron chi connectivity index (χ4n) is 2.39. The third kappa shape index (κ3) is 2.58. The van der Waals surface area contributed by atoms with Gasteiger partial charge in [0.25, 0.3) is 0 Å². The number of piperidine rings is 1. The van der Waals surface area contributed by atoms with E-state index < -0.39 is 17.7 Å². The highest BCUT2D eigenvalue weighted by Crippen LogP contribution is 2.38. The van der Waals surface area contributed by atoms with E-state index in [1.54, 1.807) is 18.2 Å². The zero-order chi connectivity index (χ0) is 16.3. The van der Waals surface area contributed by atoms with Gasteiger partial charge in [0.15, 0.2) is 11.5 Å². The molecule has 2 N–H and O–H groups in total. The van der Waals surface area contributed by atoms with Crippen LogP contribution in [0.2, 0.25) is 0 Å². The Hall–Kier alpha value is -2.68. The van der Waals surface area contributed by atoms with Gasteiger partial charge in [0.1, 0.15) is 10.9 Å². The van der Waals surface area contributed by atoms with Gasteiger partial charge in [0.2, 0.25) is 5.91 Å². The highest BCUT2D eigenvalue weighted by molar-refractivity contribution is 7.80. The number of thiocarbonyl (C=S) groups is 1. The molecule has 0 aromatic heterocycles. The molecule has 112 valence electrons. The second kappa shape index (κ2) is 6.39. The minimum absolute atomic E-state index is 0.117. The van der Waals surface area contributed by atoms with Gasteiger partial charge in [-0.3, -0.25) is 10.2 Å². The van der Waals surface area contributed by atoms with Crippen molar-refractivity contribution in [2.75, 3.05) is 14.2 Å². The van der Waals surface area contributed by atoms with Crippen molar-refractivity contribution in [1.82, 2.24) is 5.32 Å². The Morgan fingerprint density at radius 1 is 1.32 bits per heavy atom. The van der Waals surface area contributed by atoms with E-state index in [-0.39, 0.29) is 4.99 Å². The van der Waals surface area contributed by atoms with E-state index in [0.717, 1.165) is 0 Å². The number of methoxy groups -OCH3 is 2. The molecule has 0 saturated carbocycles. The van der Waals surface area contributed by atoms with Gasteiger partial charge in [0, 0.05) is 5.92 Å². The maximum atomic E-state index is 12.0. The van der Waals surface area contributed by atoms with E-state index in [1.807, 2.05) is 6.07 Å². The summed E-state index contributed by atoms with van der Waals surface area (Å²) in [4.78, 5) is 12.1. The van der Waals surface area contributed by atoms with E-state index in [4.69, 9.17) is 27.1 Å². The molecule has 2 atom stereocenters. The Bertz CT molecular complexity index is 732. The minimum Gasteiger partial charge on any atom is -0.493 e. The third-order valence-electron chi connectivity index (χ3n) is 3.45. The number of hydrogen-bond donors (Lipinski definition) is 2. The lowest BCUT2D eigenvalue weighted by Crippen LogP contribution is -2.45. The van der Waals surface area contributed by atoms with Gasteiger partial charge >= 0.3 is 0 Å². The molecule has 0 spiro atoms. The zero-order valence-electron chi connectivity index (χ0n) is 12.0. The van der Waals surface area contributed by atoms with Gasteiger partial charge in [-0.15, -0.1) is 0 Å².